The molecule has 6 aromatic heterocycles. The van der Waals surface area contributed by atoms with Crippen molar-refractivity contribution >= 4 is 206 Å². The maximum absolute atomic E-state index is 13.5. The molecule has 0 atom stereocenters. The minimum absolute atomic E-state index is 0. The van der Waals surface area contributed by atoms with E-state index in [2.05, 4.69) is 24.9 Å². The van der Waals surface area contributed by atoms with Gasteiger partial charge in [0.25, 0.3) is 29.6 Å². The largest absolute Gasteiger partial charge is 2.00 e. The van der Waals surface area contributed by atoms with Crippen LogP contribution >= 0.6 is 92.8 Å². The van der Waals surface area contributed by atoms with E-state index in [9.17, 15) is 39.0 Å². The van der Waals surface area contributed by atoms with Gasteiger partial charge in [0.15, 0.2) is 23.3 Å². The van der Waals surface area contributed by atoms with Crippen LogP contribution in [-0.4, -0.2) is 113 Å². The van der Waals surface area contributed by atoms with Gasteiger partial charge in [0.05, 0.1) is 148 Å². The standard InChI is InChI=1S/C32H16N8.C26H6Cl8N2O4.2C18H12N2O2.C2H4O2.3C2H6.Cu/c1-2-10-18-17(9-1)25-33-26(18)38-28-21-13-5-6-14-22(21)30(35-28)40-32-24-16-8-7-15-23(24)31(36-32)39-29-20-12-4-3-11-19(20)27(34-29)37-25;27-14-10-11(15(28)19(32)18(14)31)24(38)9(23(10)37)7-5-4-6-2-1-3-8(22(6)35-7)36-25(39)12-13(26(36)40)17(30)21(34)20(33)16(12)29;2*21-17-13-14(16(20-17)12-9-5-2-6-10-12)18(22)19-15(13)11-7-3-1-4-8-11;1-2(3)4;3*1-2;/h1-16H;1-5,9H;2*1-10,19,22H;1H3,(H,3,4);3*1-2H3;/q-2;;;;;;;;+2. The van der Waals surface area contributed by atoms with Crippen molar-refractivity contribution in [3.63, 3.8) is 0 Å². The van der Waals surface area contributed by atoms with Crippen molar-refractivity contribution in [1.29, 1.82) is 0 Å². The molecule has 11 heterocycles. The van der Waals surface area contributed by atoms with E-state index in [1.54, 1.807) is 18.2 Å². The number of halogens is 8. The second kappa shape index (κ2) is 40.3. The topological polar surface area (TPSA) is 358 Å². The Morgan fingerprint density at radius 2 is 0.637 bits per heavy atom. The molecular weight excluding hydrogens is 1930 g/mol. The molecule has 23 rings (SSSR count). The van der Waals surface area contributed by atoms with Gasteiger partial charge in [0.2, 0.25) is 0 Å². The number of aliphatic imine (C=N–C) groups is 2. The van der Waals surface area contributed by atoms with E-state index in [1.165, 1.54) is 12.1 Å². The number of aromatic nitrogens is 11. The average Bonchev–Trinajstić information content (AvgIpc) is 1.60. The summed E-state index contributed by atoms with van der Waals surface area (Å²) in [6, 6.07) is 77.3. The van der Waals surface area contributed by atoms with Crippen molar-refractivity contribution in [1.82, 2.24) is 54.8 Å². The Kier molecular flexibility index (Phi) is 28.5. The Morgan fingerprint density at radius 1 is 0.341 bits per heavy atom. The summed E-state index contributed by atoms with van der Waals surface area (Å²) in [5.74, 6) is -3.75. The van der Waals surface area contributed by atoms with Crippen LogP contribution in [0.4, 0.5) is 5.69 Å². The molecule has 4 amide bonds. The number of aromatic amines is 2. The predicted octanol–water partition coefficient (Wildman–Crippen LogP) is 25.5. The molecule has 1 radical (unpaired) electrons. The minimum Gasteiger partial charge on any atom is -0.494 e. The fraction of sp³-hybridized carbons (Fsp3) is 0.0784. The number of nitrogens with zero attached hydrogens (tertiary/aromatic N) is 12. The molecule has 5 N–H and O–H groups in total. The van der Waals surface area contributed by atoms with Crippen LogP contribution < -0.4 is 14.9 Å². The van der Waals surface area contributed by atoms with E-state index < -0.39 is 35.3 Å². The number of imide groups is 1. The fourth-order valence-electron chi connectivity index (χ4n) is 15.8. The third-order valence-corrected chi connectivity index (χ3v) is 25.1. The number of para-hydroxylation sites is 1. The first kappa shape index (κ1) is 95.4. The molecule has 673 valence electrons. The first-order chi connectivity index (χ1) is 64.9. The van der Waals surface area contributed by atoms with E-state index in [0.29, 0.717) is 96.3 Å². The maximum atomic E-state index is 13.5. The Balaban J connectivity index is 0.000000137. The summed E-state index contributed by atoms with van der Waals surface area (Å²) in [5.41, 5.74) is 12.6. The number of rotatable bonds is 6. The molecule has 0 fully saturated rings. The maximum Gasteiger partial charge on any atom is 2.00 e. The molecular formula is C102H68Cl8CuN14O10. The monoisotopic (exact) mass is 1990 g/mol. The number of nitrogens with one attached hydrogen (secondary N) is 2. The predicted molar refractivity (Wildman–Crippen MR) is 527 cm³/mol. The molecule has 1 aliphatic carbocycles. The summed E-state index contributed by atoms with van der Waals surface area (Å²) in [7, 11) is 0. The molecule has 17 aromatic rings. The minimum atomic E-state index is -1.43. The van der Waals surface area contributed by atoms with E-state index in [1.807, 2.05) is 260 Å². The Hall–Kier alpha value is -14.2. The van der Waals surface area contributed by atoms with Crippen molar-refractivity contribution in [3.05, 3.63) is 350 Å². The second-order valence-corrected chi connectivity index (χ2v) is 32.1. The van der Waals surface area contributed by atoms with Crippen LogP contribution in [0, 0.1) is 0 Å². The van der Waals surface area contributed by atoms with E-state index in [4.69, 9.17) is 143 Å². The van der Waals surface area contributed by atoms with Gasteiger partial charge in [-0.15, -0.1) is 0 Å². The van der Waals surface area contributed by atoms with Crippen LogP contribution in [0.25, 0.3) is 123 Å². The average molecular weight is 2000 g/mol. The zero-order valence-corrected chi connectivity index (χ0v) is 78.6. The number of carboxylic acids is 1. The number of carbonyl (C=O) groups excluding carboxylic acids is 6. The molecule has 0 unspecified atom stereocenters. The van der Waals surface area contributed by atoms with E-state index in [0.717, 1.165) is 77.9 Å². The molecule has 33 heteroatoms. The number of Topliss-reactive ketones (excluding diaryl/α,β-unsaturated/α-hetero) is 2. The molecule has 5 aliphatic heterocycles. The van der Waals surface area contributed by atoms with E-state index >= 15 is 0 Å². The number of hydrogen-bond acceptors (Lipinski definition) is 16. The molecule has 0 spiro atoms. The molecule has 135 heavy (non-hydrogen) atoms. The van der Waals surface area contributed by atoms with Crippen molar-refractivity contribution in [2.75, 3.05) is 4.90 Å². The zero-order chi connectivity index (χ0) is 94.9. The first-order valence-corrected chi connectivity index (χ1v) is 44.7. The molecule has 24 nitrogen and oxygen atoms in total. The van der Waals surface area contributed by atoms with Crippen LogP contribution in [0.15, 0.2) is 259 Å². The first-order valence-electron chi connectivity index (χ1n) is 41.7. The number of hydrogen-bond donors (Lipinski definition) is 5. The van der Waals surface area contributed by atoms with Gasteiger partial charge in [-0.25, -0.2) is 29.8 Å². The number of carboxylic acid groups (broad SMARTS) is 1. The Bertz CT molecular complexity index is 7420. The number of pyridine rings is 1. The number of H-pyrrole nitrogens is 2. The molecule has 0 saturated heterocycles. The van der Waals surface area contributed by atoms with Gasteiger partial charge >= 0.3 is 17.1 Å². The number of ketones is 2. The number of benzene rings is 11. The van der Waals surface area contributed by atoms with Crippen molar-refractivity contribution < 1.29 is 66.0 Å². The van der Waals surface area contributed by atoms with Gasteiger partial charge in [-0.1, -0.05) is 371 Å². The van der Waals surface area contributed by atoms with Crippen LogP contribution in [-0.2, 0) is 21.9 Å². The van der Waals surface area contributed by atoms with Gasteiger partial charge in [0.1, 0.15) is 5.92 Å². The third-order valence-electron chi connectivity index (χ3n) is 21.5. The van der Waals surface area contributed by atoms with Crippen LogP contribution in [0.5, 0.6) is 11.8 Å². The summed E-state index contributed by atoms with van der Waals surface area (Å²) in [4.78, 5) is 146. The number of fused-ring (bicyclic) bond motifs is 25. The van der Waals surface area contributed by atoms with Crippen LogP contribution in [0.2, 0.25) is 40.2 Å². The van der Waals surface area contributed by atoms with Crippen LogP contribution in [0.3, 0.4) is 0 Å². The van der Waals surface area contributed by atoms with Gasteiger partial charge in [-0.3, -0.25) is 33.6 Å². The van der Waals surface area contributed by atoms with E-state index in [-0.39, 0.29) is 120 Å². The zero-order valence-electron chi connectivity index (χ0n) is 71.6. The van der Waals surface area contributed by atoms with Crippen molar-refractivity contribution in [2.45, 2.75) is 54.4 Å². The smallest absolute Gasteiger partial charge is 0.494 e. The van der Waals surface area contributed by atoms with Gasteiger partial charge in [0, 0.05) is 68.3 Å². The summed E-state index contributed by atoms with van der Waals surface area (Å²) < 4.78 is 0. The normalized spacial score (nSPS) is 12.6. The van der Waals surface area contributed by atoms with Crippen molar-refractivity contribution in [2.24, 2.45) is 9.98 Å². The van der Waals surface area contributed by atoms with Crippen LogP contribution in [0.1, 0.15) is 144 Å². The third kappa shape index (κ3) is 17.4. The molecule has 0 saturated carbocycles. The summed E-state index contributed by atoms with van der Waals surface area (Å²) in [6.07, 6.45) is 0. The van der Waals surface area contributed by atoms with Gasteiger partial charge < -0.3 is 55.2 Å². The number of aromatic hydroxyl groups is 2. The summed E-state index contributed by atoms with van der Waals surface area (Å²) >= 11 is 49.6. The quantitative estimate of drug-likeness (QED) is 0.0339. The SMILES string of the molecule is CC.CC.CC.CC(=O)O.O=C1N=C(c2ccccc2)c2c(O)[nH]c(-c3ccccc3)c21.O=C1N=C(c2ccccc2)c2c(O)[nH]c(-c3ccccc3)c21.O=C1c2c(Cl)c(Cl)c(Cl)c(Cl)c2C(=O)C1c1ccc2cccc(N3C(=O)c4c(Cl)c(Cl)c(Cl)c(Cl)c4C3=O)c2n1.[Cu+2].c1ccc2c(c1)-c1nc-2nc2[n-]c(nc3nc(nc4[n-]c(n1)c1ccccc41)-c1ccccc1-3)c1ccccc21. The molecule has 8 bridgehead atoms. The number of aliphatic carboxylic acids is 1. The van der Waals surface area contributed by atoms with Gasteiger partial charge in [-0.05, 0) is 44.8 Å². The number of amides is 4. The van der Waals surface area contributed by atoms with Gasteiger partial charge in [-0.2, -0.15) is 0 Å². The number of carbonyl (C=O) groups is 7. The summed E-state index contributed by atoms with van der Waals surface area (Å²) in [6.45, 7) is 13.1. The second-order valence-electron chi connectivity index (χ2n) is 29.1. The van der Waals surface area contributed by atoms with Crippen molar-refractivity contribution in [3.8, 4) is 79.8 Å². The fourth-order valence-corrected chi connectivity index (χ4v) is 17.9. The number of anilines is 1. The summed E-state index contributed by atoms with van der Waals surface area (Å²) in [5, 5.41) is 30.5. The molecule has 6 aliphatic rings. The Morgan fingerprint density at radius 3 is 0.963 bits per heavy atom. The molecule has 11 aromatic carbocycles. The Labute approximate surface area is 819 Å².